The van der Waals surface area contributed by atoms with Crippen molar-refractivity contribution in [3.05, 3.63) is 52.2 Å². The molecule has 0 radical (unpaired) electrons. The summed E-state index contributed by atoms with van der Waals surface area (Å²) in [6, 6.07) is 7.22. The molecule has 6 nitrogen and oxygen atoms in total. The number of likely N-dealkylation sites (tertiary alicyclic amines) is 1. The van der Waals surface area contributed by atoms with E-state index in [2.05, 4.69) is 33.5 Å². The van der Waals surface area contributed by atoms with Crippen LogP contribution in [0.2, 0.25) is 5.02 Å². The number of terminal acetylenes is 1. The lowest BCUT2D eigenvalue weighted by molar-refractivity contribution is 0.102. The van der Waals surface area contributed by atoms with Crippen LogP contribution in [0.3, 0.4) is 0 Å². The second-order valence-electron chi connectivity index (χ2n) is 7.23. The zero-order valence-corrected chi connectivity index (χ0v) is 17.3. The van der Waals surface area contributed by atoms with Crippen molar-refractivity contribution in [3.8, 4) is 12.3 Å². The molecule has 2 aromatic rings. The fraction of sp³-hybridized carbons (Fsp3) is 0.318. The molecular weight excluding hydrogens is 386 g/mol. The molecule has 1 aromatic heterocycles. The van der Waals surface area contributed by atoms with Crippen molar-refractivity contribution in [3.63, 3.8) is 0 Å². The molecule has 3 rings (SSSR count). The monoisotopic (exact) mass is 409 g/mol. The molecule has 1 aliphatic rings. The summed E-state index contributed by atoms with van der Waals surface area (Å²) in [5, 5.41) is 14.6. The summed E-state index contributed by atoms with van der Waals surface area (Å²) in [5.41, 5.74) is 2.27. The predicted molar refractivity (Wildman–Crippen MR) is 118 cm³/mol. The standard InChI is InChI=1S/C22H24ClN5O/c1-4-15-5-7-16(8-6-15)27-22(29)18-13-25-21(19(14(2)24)20(18)23)26-17-9-11-28(3)12-10-17/h1,5-8,13,17,24H,9-12H2,2-3H3,(H,25,26)(H,27,29). The van der Waals surface area contributed by atoms with Gasteiger partial charge in [-0.05, 0) is 64.2 Å². The fourth-order valence-corrected chi connectivity index (χ4v) is 3.66. The van der Waals surface area contributed by atoms with Crippen LogP contribution in [-0.2, 0) is 0 Å². The van der Waals surface area contributed by atoms with Gasteiger partial charge in [-0.15, -0.1) is 6.42 Å². The van der Waals surface area contributed by atoms with E-state index in [4.69, 9.17) is 23.4 Å². The van der Waals surface area contributed by atoms with Gasteiger partial charge in [0.15, 0.2) is 0 Å². The maximum absolute atomic E-state index is 12.7. The van der Waals surface area contributed by atoms with Crippen LogP contribution in [0, 0.1) is 17.8 Å². The number of carbonyl (C=O) groups is 1. The number of anilines is 2. The minimum atomic E-state index is -0.385. The van der Waals surface area contributed by atoms with Gasteiger partial charge in [-0.1, -0.05) is 17.5 Å². The third kappa shape index (κ3) is 4.94. The topological polar surface area (TPSA) is 81.1 Å². The van der Waals surface area contributed by atoms with Crippen LogP contribution in [0.5, 0.6) is 0 Å². The molecule has 3 N–H and O–H groups in total. The Morgan fingerprint density at radius 2 is 1.97 bits per heavy atom. The van der Waals surface area contributed by atoms with Crippen LogP contribution in [0.1, 0.15) is 41.3 Å². The van der Waals surface area contributed by atoms with Crippen molar-refractivity contribution < 1.29 is 4.79 Å². The third-order valence-electron chi connectivity index (χ3n) is 5.00. The number of halogens is 1. The Kier molecular flexibility index (Phi) is 6.53. The quantitative estimate of drug-likeness (QED) is 0.517. The normalized spacial score (nSPS) is 14.8. The Morgan fingerprint density at radius 1 is 1.31 bits per heavy atom. The van der Waals surface area contributed by atoms with Gasteiger partial charge in [0.25, 0.3) is 5.91 Å². The van der Waals surface area contributed by atoms with E-state index in [1.54, 1.807) is 31.2 Å². The lowest BCUT2D eigenvalue weighted by Crippen LogP contribution is -2.37. The zero-order chi connectivity index (χ0) is 21.0. The second kappa shape index (κ2) is 9.08. The van der Waals surface area contributed by atoms with E-state index < -0.39 is 0 Å². The minimum Gasteiger partial charge on any atom is -0.367 e. The van der Waals surface area contributed by atoms with E-state index in [0.717, 1.165) is 31.5 Å². The Morgan fingerprint density at radius 3 is 2.55 bits per heavy atom. The molecule has 1 aromatic carbocycles. The fourth-order valence-electron chi connectivity index (χ4n) is 3.29. The van der Waals surface area contributed by atoms with Gasteiger partial charge in [0.05, 0.1) is 16.1 Å². The summed E-state index contributed by atoms with van der Waals surface area (Å²) in [6.45, 7) is 3.65. The zero-order valence-electron chi connectivity index (χ0n) is 16.6. The van der Waals surface area contributed by atoms with Crippen molar-refractivity contribution in [1.82, 2.24) is 9.88 Å². The summed E-state index contributed by atoms with van der Waals surface area (Å²) in [5.74, 6) is 2.70. The smallest absolute Gasteiger partial charge is 0.258 e. The van der Waals surface area contributed by atoms with E-state index in [-0.39, 0.29) is 28.2 Å². The van der Waals surface area contributed by atoms with Crippen molar-refractivity contribution in [2.45, 2.75) is 25.8 Å². The Labute approximate surface area is 176 Å². The first kappa shape index (κ1) is 20.8. The highest BCUT2D eigenvalue weighted by atomic mass is 35.5. The first-order valence-corrected chi connectivity index (χ1v) is 9.84. The molecule has 0 saturated carbocycles. The maximum atomic E-state index is 12.7. The van der Waals surface area contributed by atoms with E-state index in [1.165, 1.54) is 6.20 Å². The number of pyridine rings is 1. The third-order valence-corrected chi connectivity index (χ3v) is 5.40. The van der Waals surface area contributed by atoms with Crippen LogP contribution in [-0.4, -0.2) is 47.7 Å². The number of aromatic nitrogens is 1. The summed E-state index contributed by atoms with van der Waals surface area (Å²) in [7, 11) is 2.10. The van der Waals surface area contributed by atoms with Crippen molar-refractivity contribution in [2.75, 3.05) is 30.8 Å². The molecule has 7 heteroatoms. The van der Waals surface area contributed by atoms with Crippen LogP contribution in [0.25, 0.3) is 0 Å². The molecule has 1 aliphatic heterocycles. The van der Waals surface area contributed by atoms with Gasteiger partial charge in [-0.2, -0.15) is 0 Å². The number of nitrogens with zero attached hydrogens (tertiary/aromatic N) is 2. The van der Waals surface area contributed by atoms with Crippen LogP contribution >= 0.6 is 11.6 Å². The molecule has 0 atom stereocenters. The maximum Gasteiger partial charge on any atom is 0.258 e. The number of benzene rings is 1. The first-order chi connectivity index (χ1) is 13.9. The summed E-state index contributed by atoms with van der Waals surface area (Å²) in [4.78, 5) is 19.4. The largest absolute Gasteiger partial charge is 0.367 e. The number of hydrogen-bond donors (Lipinski definition) is 3. The lowest BCUT2D eigenvalue weighted by atomic mass is 10.0. The molecule has 0 bridgehead atoms. The van der Waals surface area contributed by atoms with Crippen LogP contribution < -0.4 is 10.6 Å². The summed E-state index contributed by atoms with van der Waals surface area (Å²) < 4.78 is 0. The van der Waals surface area contributed by atoms with Crippen molar-refractivity contribution >= 4 is 34.7 Å². The number of hydrogen-bond acceptors (Lipinski definition) is 5. The number of nitrogens with one attached hydrogen (secondary N) is 3. The number of amides is 1. The lowest BCUT2D eigenvalue weighted by Gasteiger charge is -2.30. The van der Waals surface area contributed by atoms with Gasteiger partial charge in [-0.25, -0.2) is 4.98 Å². The van der Waals surface area contributed by atoms with E-state index in [0.29, 0.717) is 17.1 Å². The van der Waals surface area contributed by atoms with Gasteiger partial charge < -0.3 is 20.9 Å². The van der Waals surface area contributed by atoms with Crippen LogP contribution in [0.15, 0.2) is 30.5 Å². The molecule has 1 saturated heterocycles. The SMILES string of the molecule is C#Cc1ccc(NC(=O)c2cnc(NC3CCN(C)CC3)c(C(C)=N)c2Cl)cc1. The summed E-state index contributed by atoms with van der Waals surface area (Å²) >= 11 is 6.54. The van der Waals surface area contributed by atoms with Gasteiger partial charge in [-0.3, -0.25) is 4.79 Å². The average molecular weight is 410 g/mol. The highest BCUT2D eigenvalue weighted by molar-refractivity contribution is 6.38. The van der Waals surface area contributed by atoms with E-state index in [1.807, 2.05) is 0 Å². The molecule has 1 amide bonds. The van der Waals surface area contributed by atoms with Gasteiger partial charge in [0.1, 0.15) is 5.82 Å². The molecule has 1 fully saturated rings. The minimum absolute atomic E-state index is 0.223. The average Bonchev–Trinajstić information content (AvgIpc) is 2.70. The predicted octanol–water partition coefficient (Wildman–Crippen LogP) is 3.86. The highest BCUT2D eigenvalue weighted by Crippen LogP contribution is 2.29. The second-order valence-corrected chi connectivity index (χ2v) is 7.61. The Balaban J connectivity index is 1.82. The molecule has 0 unspecified atom stereocenters. The van der Waals surface area contributed by atoms with Gasteiger partial charge in [0.2, 0.25) is 0 Å². The first-order valence-electron chi connectivity index (χ1n) is 9.46. The molecule has 2 heterocycles. The Bertz CT molecular complexity index is 956. The van der Waals surface area contributed by atoms with Gasteiger partial charge >= 0.3 is 0 Å². The van der Waals surface area contributed by atoms with Gasteiger partial charge in [0, 0.05) is 29.2 Å². The molecule has 29 heavy (non-hydrogen) atoms. The van der Waals surface area contributed by atoms with Crippen molar-refractivity contribution in [1.29, 1.82) is 5.41 Å². The number of piperidine rings is 1. The van der Waals surface area contributed by atoms with E-state index in [9.17, 15) is 4.79 Å². The number of carbonyl (C=O) groups excluding carboxylic acids is 1. The van der Waals surface area contributed by atoms with Crippen molar-refractivity contribution in [2.24, 2.45) is 0 Å². The molecular formula is C22H24ClN5O. The molecule has 0 aliphatic carbocycles. The van der Waals surface area contributed by atoms with E-state index >= 15 is 0 Å². The Hall–Kier alpha value is -2.88. The number of rotatable bonds is 5. The summed E-state index contributed by atoms with van der Waals surface area (Å²) in [6.07, 6.45) is 8.79. The molecule has 150 valence electrons. The van der Waals surface area contributed by atoms with Crippen LogP contribution in [0.4, 0.5) is 11.5 Å². The highest BCUT2D eigenvalue weighted by Gasteiger charge is 2.23. The molecule has 0 spiro atoms.